The van der Waals surface area contributed by atoms with Gasteiger partial charge in [0, 0.05) is 11.8 Å². The zero-order valence-electron chi connectivity index (χ0n) is 34.0. The van der Waals surface area contributed by atoms with Gasteiger partial charge in [-0.25, -0.2) is 0 Å². The highest BCUT2D eigenvalue weighted by Gasteiger charge is 2.71. The average Bonchev–Trinajstić information content (AvgIpc) is 3.39. The third-order valence-electron chi connectivity index (χ3n) is 17.3. The molecule has 0 aromatic carbocycles. The molecule has 51 heavy (non-hydrogen) atoms. The Labute approximate surface area is 311 Å². The van der Waals surface area contributed by atoms with Gasteiger partial charge in [-0.05, 0) is 160 Å². The van der Waals surface area contributed by atoms with Gasteiger partial charge in [0.1, 0.15) is 6.10 Å². The number of esters is 1. The van der Waals surface area contributed by atoms with Crippen LogP contribution in [0.3, 0.4) is 0 Å². The molecular weight excluding hydrogens is 633 g/mol. The van der Waals surface area contributed by atoms with Crippen LogP contribution in [0.2, 0.25) is 0 Å². The Bertz CT molecular complexity index is 1360. The molecule has 0 aromatic rings. The van der Waals surface area contributed by atoms with E-state index < -0.39 is 11.4 Å². The molecule has 0 aliphatic heterocycles. The smallest absolute Gasteiger partial charge is 0.306 e. The molecule has 6 rings (SSSR count). The van der Waals surface area contributed by atoms with Gasteiger partial charge in [0.25, 0.3) is 0 Å². The fourth-order valence-electron chi connectivity index (χ4n) is 14.6. The van der Waals surface area contributed by atoms with E-state index in [4.69, 9.17) is 9.47 Å². The molecule has 5 fully saturated rings. The zero-order chi connectivity index (χ0) is 37.0. The molecule has 0 amide bonds. The van der Waals surface area contributed by atoms with Crippen molar-refractivity contribution in [2.24, 2.45) is 62.1 Å². The van der Waals surface area contributed by atoms with E-state index >= 15 is 0 Å². The highest BCUT2D eigenvalue weighted by atomic mass is 16.5. The topological polar surface area (TPSA) is 72.8 Å². The second-order valence-electron chi connectivity index (χ2n) is 21.0. The summed E-state index contributed by atoms with van der Waals surface area (Å²) in [7, 11) is 0. The Morgan fingerprint density at radius 1 is 0.863 bits per heavy atom. The van der Waals surface area contributed by atoms with Gasteiger partial charge in [-0.15, -0.1) is 0 Å². The van der Waals surface area contributed by atoms with Crippen LogP contribution in [0.1, 0.15) is 177 Å². The van der Waals surface area contributed by atoms with E-state index in [0.29, 0.717) is 34.5 Å². The molecule has 1 N–H and O–H groups in total. The molecular formula is C46H74O5. The van der Waals surface area contributed by atoms with E-state index in [1.165, 1.54) is 101 Å². The van der Waals surface area contributed by atoms with Crippen molar-refractivity contribution in [1.29, 1.82) is 0 Å². The second kappa shape index (κ2) is 14.1. The SMILES string of the molecule is C=C(C)[C@@H]1CC[C@]2(CCO/C3=C/CCCCCC3)CC[C@]3(C)[C@H](CC[C@@H]4[C@@]5(C)CC[C@H](OC(=O)CC(C)(C)CC(=O)O)C(C)(C)[C@@H]5CC[C@]43C)[C@@H]12. The van der Waals surface area contributed by atoms with Crippen molar-refractivity contribution >= 4 is 11.9 Å². The van der Waals surface area contributed by atoms with E-state index in [-0.39, 0.29) is 41.2 Å². The van der Waals surface area contributed by atoms with E-state index in [1.54, 1.807) is 0 Å². The summed E-state index contributed by atoms with van der Waals surface area (Å²) in [5, 5.41) is 9.36. The molecule has 5 heteroatoms. The summed E-state index contributed by atoms with van der Waals surface area (Å²) < 4.78 is 12.9. The maximum atomic E-state index is 13.2. The molecule has 6 aliphatic rings. The zero-order valence-corrected chi connectivity index (χ0v) is 34.0. The summed E-state index contributed by atoms with van der Waals surface area (Å²) in [5.41, 5.74) is 1.87. The monoisotopic (exact) mass is 707 g/mol. The van der Waals surface area contributed by atoms with E-state index in [0.717, 1.165) is 31.8 Å². The summed E-state index contributed by atoms with van der Waals surface area (Å²) in [5.74, 6) is 3.41. The lowest BCUT2D eigenvalue weighted by Crippen LogP contribution is -2.66. The predicted octanol–water partition coefficient (Wildman–Crippen LogP) is 12.1. The number of allylic oxidation sites excluding steroid dienone is 3. The summed E-state index contributed by atoms with van der Waals surface area (Å²) in [6.45, 7) is 24.4. The number of carbonyl (C=O) groups excluding carboxylic acids is 1. The van der Waals surface area contributed by atoms with Gasteiger partial charge >= 0.3 is 11.9 Å². The Hall–Kier alpha value is -1.78. The molecule has 6 aliphatic carbocycles. The van der Waals surface area contributed by atoms with E-state index in [2.05, 4.69) is 54.2 Å². The van der Waals surface area contributed by atoms with Crippen LogP contribution in [0, 0.1) is 62.1 Å². The first-order valence-electron chi connectivity index (χ1n) is 21.3. The summed E-state index contributed by atoms with van der Waals surface area (Å²) in [6.07, 6.45) is 23.6. The summed E-state index contributed by atoms with van der Waals surface area (Å²) in [4.78, 5) is 24.6. The molecule has 288 valence electrons. The van der Waals surface area contributed by atoms with E-state index in [9.17, 15) is 14.7 Å². The van der Waals surface area contributed by atoms with Crippen LogP contribution in [-0.2, 0) is 19.1 Å². The minimum atomic E-state index is -0.867. The van der Waals surface area contributed by atoms with Crippen molar-refractivity contribution in [2.45, 2.75) is 183 Å². The highest BCUT2D eigenvalue weighted by molar-refractivity contribution is 5.73. The lowest BCUT2D eigenvalue weighted by atomic mass is 9.32. The largest absolute Gasteiger partial charge is 0.498 e. The van der Waals surface area contributed by atoms with Gasteiger partial charge in [0.2, 0.25) is 0 Å². The Morgan fingerprint density at radius 3 is 2.33 bits per heavy atom. The highest BCUT2D eigenvalue weighted by Crippen LogP contribution is 2.78. The average molecular weight is 707 g/mol. The van der Waals surface area contributed by atoms with E-state index in [1.807, 2.05) is 13.8 Å². The molecule has 5 nitrogen and oxygen atoms in total. The van der Waals surface area contributed by atoms with Crippen LogP contribution in [-0.4, -0.2) is 29.8 Å². The maximum absolute atomic E-state index is 13.2. The van der Waals surface area contributed by atoms with Gasteiger partial charge in [0.15, 0.2) is 0 Å². The number of aliphatic carboxylic acids is 1. The third kappa shape index (κ3) is 6.90. The number of carbonyl (C=O) groups is 2. The van der Waals surface area contributed by atoms with Gasteiger partial charge in [0.05, 0.1) is 25.2 Å². The van der Waals surface area contributed by atoms with Gasteiger partial charge in [-0.1, -0.05) is 73.5 Å². The number of fused-ring (bicyclic) bond motifs is 7. The van der Waals surface area contributed by atoms with Crippen LogP contribution in [0.5, 0.6) is 0 Å². The first-order chi connectivity index (χ1) is 23.9. The summed E-state index contributed by atoms with van der Waals surface area (Å²) >= 11 is 0. The molecule has 0 aromatic heterocycles. The normalized spacial score (nSPS) is 43.1. The van der Waals surface area contributed by atoms with Crippen LogP contribution in [0.4, 0.5) is 0 Å². The molecule has 0 unspecified atom stereocenters. The molecule has 0 saturated heterocycles. The molecule has 5 saturated carbocycles. The molecule has 0 bridgehead atoms. The van der Waals surface area contributed by atoms with Crippen molar-refractivity contribution in [2.75, 3.05) is 6.61 Å². The quantitative estimate of drug-likeness (QED) is 0.181. The standard InChI is InChI=1S/C46H74O5/c1-31(2)33-19-24-46(27-28-50-32-15-13-11-10-12-14-16-32)26-25-44(8)34(40(33)46)17-18-36-43(7)22-21-37(42(5,6)35(43)20-23-45(36,44)9)51-39(49)30-41(3,4)29-38(47)48/h15,33-37,40H,1,10-14,16-30H2,2-9H3,(H,47,48)/b32-15+/t33-,34+,35-,36+,37-,40+,43-,44+,45+,46+/m0/s1. The molecule has 0 heterocycles. The Balaban J connectivity index is 1.20. The second-order valence-corrected chi connectivity index (χ2v) is 21.0. The fourth-order valence-corrected chi connectivity index (χ4v) is 14.6. The van der Waals surface area contributed by atoms with Gasteiger partial charge in [-0.3, -0.25) is 9.59 Å². The van der Waals surface area contributed by atoms with Crippen LogP contribution in [0.25, 0.3) is 0 Å². The number of carboxylic acids is 1. The molecule has 0 spiro atoms. The van der Waals surface area contributed by atoms with Crippen LogP contribution < -0.4 is 0 Å². The minimum absolute atomic E-state index is 0.0297. The lowest BCUT2D eigenvalue weighted by molar-refractivity contribution is -0.251. The molecule has 0 radical (unpaired) electrons. The number of hydrogen-bond donors (Lipinski definition) is 1. The van der Waals surface area contributed by atoms with Crippen molar-refractivity contribution in [3.8, 4) is 0 Å². The van der Waals surface area contributed by atoms with Crippen molar-refractivity contribution in [1.82, 2.24) is 0 Å². The number of ether oxygens (including phenoxy) is 2. The van der Waals surface area contributed by atoms with Crippen LogP contribution in [0.15, 0.2) is 24.0 Å². The third-order valence-corrected chi connectivity index (χ3v) is 17.3. The lowest BCUT2D eigenvalue weighted by Gasteiger charge is -2.73. The Kier molecular flexibility index (Phi) is 10.8. The van der Waals surface area contributed by atoms with Crippen LogP contribution >= 0.6 is 0 Å². The van der Waals surface area contributed by atoms with Gasteiger partial charge < -0.3 is 14.6 Å². The van der Waals surface area contributed by atoms with Gasteiger partial charge in [-0.2, -0.15) is 0 Å². The fraction of sp³-hybridized carbons (Fsp3) is 0.870. The number of hydrogen-bond acceptors (Lipinski definition) is 4. The Morgan fingerprint density at radius 2 is 1.61 bits per heavy atom. The number of rotatable bonds is 10. The molecule has 10 atom stereocenters. The first-order valence-corrected chi connectivity index (χ1v) is 21.3. The number of carboxylic acid groups (broad SMARTS) is 1. The summed E-state index contributed by atoms with van der Waals surface area (Å²) in [6, 6.07) is 0. The maximum Gasteiger partial charge on any atom is 0.306 e. The minimum Gasteiger partial charge on any atom is -0.498 e. The predicted molar refractivity (Wildman–Crippen MR) is 206 cm³/mol. The van der Waals surface area contributed by atoms with Crippen molar-refractivity contribution < 1.29 is 24.2 Å². The first kappa shape index (κ1) is 38.9. The van der Waals surface area contributed by atoms with Crippen molar-refractivity contribution in [3.63, 3.8) is 0 Å². The van der Waals surface area contributed by atoms with Crippen molar-refractivity contribution in [3.05, 3.63) is 24.0 Å².